The number of carbonyl (C=O) groups is 1. The number of ether oxygens (including phenoxy) is 1. The Kier molecular flexibility index (Phi) is 3.63. The molecule has 2 atom stereocenters. The first kappa shape index (κ1) is 16.8. The fourth-order valence-corrected chi connectivity index (χ4v) is 4.02. The molecule has 5 rings (SSSR count). The van der Waals surface area contributed by atoms with Gasteiger partial charge in [0.25, 0.3) is 5.60 Å². The molecule has 1 spiro atoms. The lowest BCUT2D eigenvalue weighted by Crippen LogP contribution is -2.41. The van der Waals surface area contributed by atoms with E-state index in [2.05, 4.69) is 5.16 Å². The van der Waals surface area contributed by atoms with Gasteiger partial charge in [-0.25, -0.2) is 4.79 Å². The van der Waals surface area contributed by atoms with Gasteiger partial charge in [-0.05, 0) is 25.5 Å². The second-order valence-electron chi connectivity index (χ2n) is 7.40. The summed E-state index contributed by atoms with van der Waals surface area (Å²) in [5, 5.41) is 4.42. The first-order chi connectivity index (χ1) is 13.6. The Morgan fingerprint density at radius 3 is 2.21 bits per heavy atom. The molecule has 138 valence electrons. The molecule has 3 aromatic carbocycles. The monoisotopic (exact) mass is 369 g/mol. The van der Waals surface area contributed by atoms with Crippen LogP contribution in [0.3, 0.4) is 0 Å². The van der Waals surface area contributed by atoms with Crippen LogP contribution in [-0.2, 0) is 15.2 Å². The first-order valence-corrected chi connectivity index (χ1v) is 9.31. The van der Waals surface area contributed by atoms with Crippen LogP contribution in [0.15, 0.2) is 78.0 Å². The summed E-state index contributed by atoms with van der Waals surface area (Å²) in [7, 11) is 0. The van der Waals surface area contributed by atoms with Crippen molar-refractivity contribution in [1.29, 1.82) is 0 Å². The fraction of sp³-hybridized carbons (Fsp3) is 0.167. The molecule has 2 heterocycles. The normalized spacial score (nSPS) is 22.6. The van der Waals surface area contributed by atoms with Crippen molar-refractivity contribution in [3.05, 3.63) is 101 Å². The van der Waals surface area contributed by atoms with E-state index >= 15 is 0 Å². The highest BCUT2D eigenvalue weighted by Crippen LogP contribution is 2.53. The standard InChI is InChI=1S/C24H19NO3/c1-15-7-11-17(12-8-15)21-22(18-13-9-16(2)10-14-18)25-28-24(21)19-5-3-4-6-20(19)27-23(24)26/h3-14,21H,1-2H3/t21-,24+/m1/s1. The third-order valence-electron chi connectivity index (χ3n) is 5.52. The molecule has 28 heavy (non-hydrogen) atoms. The van der Waals surface area contributed by atoms with E-state index in [4.69, 9.17) is 9.57 Å². The number of nitrogens with zero attached hydrogens (tertiary/aromatic N) is 1. The van der Waals surface area contributed by atoms with Gasteiger partial charge in [0.05, 0.1) is 17.2 Å². The number of para-hydroxylation sites is 1. The molecule has 0 aromatic heterocycles. The molecule has 3 aromatic rings. The minimum absolute atomic E-state index is 0.396. The smallest absolute Gasteiger partial charge is 0.364 e. The number of carbonyl (C=O) groups excluding carboxylic acids is 1. The van der Waals surface area contributed by atoms with Gasteiger partial charge in [-0.2, -0.15) is 0 Å². The molecule has 0 N–H and O–H groups in total. The molecule has 2 aliphatic rings. The largest absolute Gasteiger partial charge is 0.423 e. The molecule has 0 saturated heterocycles. The predicted octanol–water partition coefficient (Wildman–Crippen LogP) is 4.64. The molecule has 4 nitrogen and oxygen atoms in total. The zero-order chi connectivity index (χ0) is 19.3. The first-order valence-electron chi connectivity index (χ1n) is 9.31. The Balaban J connectivity index is 1.72. The predicted molar refractivity (Wildman–Crippen MR) is 106 cm³/mol. The Morgan fingerprint density at radius 2 is 1.50 bits per heavy atom. The van der Waals surface area contributed by atoms with Crippen LogP contribution in [0.4, 0.5) is 0 Å². The number of aryl methyl sites for hydroxylation is 2. The van der Waals surface area contributed by atoms with E-state index in [1.807, 2.05) is 80.6 Å². The number of hydrogen-bond acceptors (Lipinski definition) is 4. The quantitative estimate of drug-likeness (QED) is 0.488. The third kappa shape index (κ3) is 2.31. The lowest BCUT2D eigenvalue weighted by Gasteiger charge is -2.26. The molecule has 0 radical (unpaired) electrons. The summed E-state index contributed by atoms with van der Waals surface area (Å²) >= 11 is 0. The zero-order valence-electron chi connectivity index (χ0n) is 15.7. The molecular formula is C24H19NO3. The summed E-state index contributed by atoms with van der Waals surface area (Å²) in [4.78, 5) is 19.1. The van der Waals surface area contributed by atoms with E-state index in [0.29, 0.717) is 5.75 Å². The second-order valence-corrected chi connectivity index (χ2v) is 7.40. The van der Waals surface area contributed by atoms with E-state index in [0.717, 1.165) is 33.5 Å². The summed E-state index contributed by atoms with van der Waals surface area (Å²) < 4.78 is 5.59. The van der Waals surface area contributed by atoms with Gasteiger partial charge in [0.1, 0.15) is 5.75 Å². The van der Waals surface area contributed by atoms with Gasteiger partial charge in [0.15, 0.2) is 0 Å². The Hall–Kier alpha value is -3.40. The van der Waals surface area contributed by atoms with Crippen LogP contribution in [0, 0.1) is 13.8 Å². The van der Waals surface area contributed by atoms with Crippen molar-refractivity contribution < 1.29 is 14.4 Å². The zero-order valence-corrected chi connectivity index (χ0v) is 15.7. The summed E-state index contributed by atoms with van der Waals surface area (Å²) in [5.74, 6) is -0.290. The summed E-state index contributed by atoms with van der Waals surface area (Å²) in [5.41, 5.74) is 4.37. The van der Waals surface area contributed by atoms with Crippen molar-refractivity contribution in [2.24, 2.45) is 5.16 Å². The fourth-order valence-electron chi connectivity index (χ4n) is 4.02. The van der Waals surface area contributed by atoms with Crippen LogP contribution in [0.1, 0.15) is 33.7 Å². The van der Waals surface area contributed by atoms with E-state index < -0.39 is 17.5 Å². The molecule has 2 aliphatic heterocycles. The SMILES string of the molecule is Cc1ccc(C2=NO[C@]3(C(=O)Oc4ccccc43)[C@@H]2c2ccc(C)cc2)cc1. The number of benzene rings is 3. The molecule has 0 unspecified atom stereocenters. The maximum absolute atomic E-state index is 13.1. The highest BCUT2D eigenvalue weighted by atomic mass is 16.7. The van der Waals surface area contributed by atoms with Gasteiger partial charge < -0.3 is 9.57 Å². The van der Waals surface area contributed by atoms with Crippen molar-refractivity contribution in [1.82, 2.24) is 0 Å². The van der Waals surface area contributed by atoms with Crippen LogP contribution in [0.25, 0.3) is 0 Å². The summed E-state index contributed by atoms with van der Waals surface area (Å²) in [6.45, 7) is 4.08. The van der Waals surface area contributed by atoms with Crippen LogP contribution in [0.5, 0.6) is 5.75 Å². The van der Waals surface area contributed by atoms with Gasteiger partial charge in [0.2, 0.25) is 0 Å². The van der Waals surface area contributed by atoms with Crippen molar-refractivity contribution in [3.8, 4) is 5.75 Å². The Morgan fingerprint density at radius 1 is 0.857 bits per heavy atom. The number of hydrogen-bond donors (Lipinski definition) is 0. The van der Waals surface area contributed by atoms with Crippen molar-refractivity contribution in [2.45, 2.75) is 25.4 Å². The van der Waals surface area contributed by atoms with Gasteiger partial charge >= 0.3 is 5.97 Å². The topological polar surface area (TPSA) is 47.9 Å². The van der Waals surface area contributed by atoms with Gasteiger partial charge in [-0.15, -0.1) is 0 Å². The van der Waals surface area contributed by atoms with Crippen molar-refractivity contribution in [2.75, 3.05) is 0 Å². The third-order valence-corrected chi connectivity index (χ3v) is 5.52. The van der Waals surface area contributed by atoms with Crippen LogP contribution in [-0.4, -0.2) is 11.7 Å². The van der Waals surface area contributed by atoms with E-state index in [1.165, 1.54) is 0 Å². The minimum Gasteiger partial charge on any atom is -0.423 e. The molecular weight excluding hydrogens is 350 g/mol. The summed E-state index contributed by atoms with van der Waals surface area (Å²) in [6.07, 6.45) is 0. The highest BCUT2D eigenvalue weighted by Gasteiger charge is 2.63. The van der Waals surface area contributed by atoms with Gasteiger partial charge in [-0.1, -0.05) is 83.0 Å². The van der Waals surface area contributed by atoms with E-state index in [9.17, 15) is 4.79 Å². The Bertz CT molecular complexity index is 1100. The van der Waals surface area contributed by atoms with Crippen LogP contribution in [0.2, 0.25) is 0 Å². The van der Waals surface area contributed by atoms with Gasteiger partial charge in [-0.3, -0.25) is 0 Å². The number of oxime groups is 1. The minimum atomic E-state index is -1.30. The van der Waals surface area contributed by atoms with Crippen LogP contribution < -0.4 is 4.74 Å². The van der Waals surface area contributed by atoms with Crippen molar-refractivity contribution in [3.63, 3.8) is 0 Å². The van der Waals surface area contributed by atoms with Crippen molar-refractivity contribution >= 4 is 11.7 Å². The average Bonchev–Trinajstić information content (AvgIpc) is 3.23. The molecule has 0 amide bonds. The summed E-state index contributed by atoms with van der Waals surface area (Å²) in [6, 6.07) is 23.7. The lowest BCUT2D eigenvalue weighted by atomic mass is 9.74. The maximum Gasteiger partial charge on any atom is 0.364 e. The molecule has 0 saturated carbocycles. The maximum atomic E-state index is 13.1. The number of rotatable bonds is 2. The van der Waals surface area contributed by atoms with E-state index in [-0.39, 0.29) is 0 Å². The second kappa shape index (κ2) is 6.06. The van der Waals surface area contributed by atoms with Crippen LogP contribution >= 0.6 is 0 Å². The molecule has 0 fully saturated rings. The molecule has 0 aliphatic carbocycles. The Labute approximate surface area is 163 Å². The number of fused-ring (bicyclic) bond motifs is 2. The number of esters is 1. The van der Waals surface area contributed by atoms with Gasteiger partial charge in [0, 0.05) is 5.56 Å². The molecule has 4 heteroatoms. The lowest BCUT2D eigenvalue weighted by molar-refractivity contribution is -0.157. The highest BCUT2D eigenvalue weighted by molar-refractivity contribution is 6.11. The molecule has 0 bridgehead atoms. The van der Waals surface area contributed by atoms with E-state index in [1.54, 1.807) is 6.07 Å². The average molecular weight is 369 g/mol.